The van der Waals surface area contributed by atoms with E-state index in [1.54, 1.807) is 24.3 Å². The molecular weight excluding hydrogens is 863 g/mol. The summed E-state index contributed by atoms with van der Waals surface area (Å²) in [6.45, 7) is 10.6. The number of hydrogen-bond acceptors (Lipinski definition) is 11. The summed E-state index contributed by atoms with van der Waals surface area (Å²) in [6, 6.07) is 22.0. The maximum absolute atomic E-state index is 13.8. The molecule has 17 heteroatoms. The van der Waals surface area contributed by atoms with Crippen molar-refractivity contribution in [1.29, 1.82) is 0 Å². The highest BCUT2D eigenvalue weighted by Crippen LogP contribution is 2.30. The Labute approximate surface area is 398 Å². The van der Waals surface area contributed by atoms with Crippen LogP contribution in [0.3, 0.4) is 0 Å². The van der Waals surface area contributed by atoms with Gasteiger partial charge in [-0.2, -0.15) is 0 Å². The number of fused-ring (bicyclic) bond motifs is 3. The minimum atomic E-state index is -0.878. The molecule has 2 heterocycles. The van der Waals surface area contributed by atoms with Gasteiger partial charge in [-0.05, 0) is 66.0 Å². The number of anilines is 2. The smallest absolute Gasteiger partial charge is 0.407 e. The number of hydrogen-bond donors (Lipinski definition) is 7. The van der Waals surface area contributed by atoms with Crippen LogP contribution in [0.4, 0.5) is 16.3 Å². The predicted octanol–water partition coefficient (Wildman–Crippen LogP) is 6.27. The Morgan fingerprint density at radius 2 is 1.53 bits per heavy atom. The topological polar surface area (TPSA) is 278 Å². The van der Waals surface area contributed by atoms with Crippen molar-refractivity contribution in [2.75, 3.05) is 24.1 Å². The molecule has 2 aromatic heterocycles. The Morgan fingerprint density at radius 3 is 2.19 bits per heavy atom. The van der Waals surface area contributed by atoms with Crippen LogP contribution < -0.4 is 38.9 Å². The average molecular weight is 932 g/mol. The molecule has 0 aliphatic rings. The third-order valence-electron chi connectivity index (χ3n) is 12.3. The van der Waals surface area contributed by atoms with Gasteiger partial charge in [0.2, 0.25) is 11.8 Å². The molecule has 5 rings (SSSR count). The zero-order valence-electron chi connectivity index (χ0n) is 40.1. The van der Waals surface area contributed by atoms with Crippen molar-refractivity contribution >= 4 is 68.9 Å². The van der Waals surface area contributed by atoms with Crippen LogP contribution in [0.15, 0.2) is 77.8 Å². The molecule has 68 heavy (non-hydrogen) atoms. The number of benzene rings is 3. The molecule has 0 fully saturated rings. The van der Waals surface area contributed by atoms with Crippen LogP contribution in [0, 0.1) is 23.7 Å². The molecule has 3 amide bonds. The van der Waals surface area contributed by atoms with E-state index in [0.29, 0.717) is 48.4 Å². The second kappa shape index (κ2) is 25.3. The molecule has 0 aliphatic heterocycles. The number of rotatable bonds is 26. The summed E-state index contributed by atoms with van der Waals surface area (Å²) in [4.78, 5) is 79.6. The van der Waals surface area contributed by atoms with Gasteiger partial charge in [0.25, 0.3) is 0 Å². The minimum Gasteiger partial charge on any atom is -0.445 e. The van der Waals surface area contributed by atoms with Crippen molar-refractivity contribution in [3.05, 3.63) is 95.3 Å². The summed E-state index contributed by atoms with van der Waals surface area (Å²) in [6.07, 6.45) is 3.51. The zero-order chi connectivity index (χ0) is 49.3. The number of ether oxygens (including phenoxy) is 1. The van der Waals surface area contributed by atoms with Crippen molar-refractivity contribution in [2.45, 2.75) is 112 Å². The maximum atomic E-state index is 13.8. The molecule has 0 aliphatic carbocycles. The number of aliphatic imine (C=N–C) groups is 1. The van der Waals surface area contributed by atoms with Gasteiger partial charge < -0.3 is 48.2 Å². The van der Waals surface area contributed by atoms with E-state index in [1.807, 2.05) is 70.2 Å². The van der Waals surface area contributed by atoms with Crippen LogP contribution in [0.1, 0.15) is 102 Å². The third-order valence-corrected chi connectivity index (χ3v) is 12.3. The first-order chi connectivity index (χ1) is 32.6. The fourth-order valence-electron chi connectivity index (χ4n) is 8.14. The molecule has 4 atom stereocenters. The Kier molecular flexibility index (Phi) is 19.4. The number of alkyl carbamates (subject to hydrolysis) is 1. The summed E-state index contributed by atoms with van der Waals surface area (Å²) >= 11 is 0. The molecule has 1 unspecified atom stereocenters. The van der Waals surface area contributed by atoms with E-state index in [4.69, 9.17) is 32.7 Å². The number of ketones is 2. The van der Waals surface area contributed by atoms with Gasteiger partial charge in [0.05, 0.1) is 23.6 Å². The highest BCUT2D eigenvalue weighted by atomic mass is 16.5. The van der Waals surface area contributed by atoms with E-state index in [2.05, 4.69) is 43.5 Å². The second-order valence-corrected chi connectivity index (χ2v) is 17.8. The Hall–Kier alpha value is -6.88. The van der Waals surface area contributed by atoms with Gasteiger partial charge >= 0.3 is 6.09 Å². The first kappa shape index (κ1) is 52.1. The lowest BCUT2D eigenvalue weighted by Crippen LogP contribution is -2.49. The van der Waals surface area contributed by atoms with Gasteiger partial charge in [0, 0.05) is 61.8 Å². The molecule has 0 bridgehead atoms. The van der Waals surface area contributed by atoms with Gasteiger partial charge in [0.15, 0.2) is 17.6 Å². The van der Waals surface area contributed by atoms with Gasteiger partial charge in [-0.3, -0.25) is 24.2 Å². The summed E-state index contributed by atoms with van der Waals surface area (Å²) in [5, 5.41) is 9.61. The van der Waals surface area contributed by atoms with E-state index in [9.17, 15) is 24.0 Å². The molecule has 11 N–H and O–H groups in total. The molecule has 17 nitrogen and oxygen atoms in total. The first-order valence-corrected chi connectivity index (χ1v) is 23.6. The van der Waals surface area contributed by atoms with Crippen LogP contribution in [0.25, 0.3) is 21.9 Å². The molecule has 0 saturated heterocycles. The maximum Gasteiger partial charge on any atom is 0.407 e. The Bertz CT molecular complexity index is 2530. The van der Waals surface area contributed by atoms with E-state index >= 15 is 0 Å². The van der Waals surface area contributed by atoms with Crippen molar-refractivity contribution < 1.29 is 28.7 Å². The van der Waals surface area contributed by atoms with E-state index in [-0.39, 0.29) is 80.3 Å². The first-order valence-electron chi connectivity index (χ1n) is 23.6. The highest BCUT2D eigenvalue weighted by molar-refractivity contribution is 6.06. The summed E-state index contributed by atoms with van der Waals surface area (Å²) < 4.78 is 7.74. The number of nitrogens with two attached hydrogens (primary N) is 4. The number of Topliss-reactive ketones (excluding diaryl/α,β-unsaturated/α-hetero) is 2. The lowest BCUT2D eigenvalue weighted by Gasteiger charge is -2.28. The van der Waals surface area contributed by atoms with E-state index in [1.165, 1.54) is 0 Å². The third kappa shape index (κ3) is 14.6. The predicted molar refractivity (Wildman–Crippen MR) is 267 cm³/mol. The molecule has 0 radical (unpaired) electrons. The second-order valence-electron chi connectivity index (χ2n) is 17.8. The molecule has 5 aromatic rings. The number of aryl methyl sites for hydroxylation is 1. The average Bonchev–Trinajstić information content (AvgIpc) is 3.69. The molecule has 0 saturated carbocycles. The van der Waals surface area contributed by atoms with Crippen LogP contribution in [0.2, 0.25) is 0 Å². The van der Waals surface area contributed by atoms with Crippen LogP contribution in [-0.4, -0.2) is 69.1 Å². The number of unbranched alkanes of at least 4 members (excludes halogenated alkanes) is 1. The standard InChI is InChI=1S/C51H69N11O6/c1-6-8-15-43-60-45-46(39-13-9-10-14-41(39)59-47(45)53)62(43)29-34-18-16-33(17-19-34)28-57-51(67)68-30-35-20-22-37(23-21-35)58-48(65)36(12-11-24-56-50(54)55)25-42(64)44(31(3)4)61-49(66)40(32(5)7-2)26-38(63)27-52/h9-10,13-14,16-23,31-32,36,40,44H,6-8,11-12,15,24-30,52H2,1-5H3,(H2,53,59)(H,57,67)(H,58,65)(H,61,66)(H4,54,55,56)/t32?,36-,40-,44+/m1/s1. The number of amides is 3. The van der Waals surface area contributed by atoms with Crippen molar-refractivity contribution in [2.24, 2.45) is 45.9 Å². The van der Waals surface area contributed by atoms with Gasteiger partial charge in [-0.15, -0.1) is 0 Å². The lowest BCUT2D eigenvalue weighted by atomic mass is 9.85. The molecular formula is C51H69N11O6. The number of carbonyl (C=O) groups excluding carboxylic acids is 5. The van der Waals surface area contributed by atoms with Crippen LogP contribution >= 0.6 is 0 Å². The van der Waals surface area contributed by atoms with Crippen molar-refractivity contribution in [3.8, 4) is 0 Å². The molecule has 3 aromatic carbocycles. The van der Waals surface area contributed by atoms with Crippen LogP contribution in [-0.2, 0) is 50.0 Å². The normalized spacial score (nSPS) is 13.1. The number of imidazole rings is 1. The van der Waals surface area contributed by atoms with Gasteiger partial charge in [-0.25, -0.2) is 14.8 Å². The number of nitrogens with zero attached hydrogens (tertiary/aromatic N) is 4. The summed E-state index contributed by atoms with van der Waals surface area (Å²) in [5.41, 5.74) is 28.6. The fraction of sp³-hybridized carbons (Fsp3) is 0.451. The highest BCUT2D eigenvalue weighted by Gasteiger charge is 2.33. The van der Waals surface area contributed by atoms with Crippen LogP contribution in [0.5, 0.6) is 0 Å². The number of nitrogen functional groups attached to an aromatic ring is 1. The molecule has 0 spiro atoms. The SMILES string of the molecule is CCCCc1nc2c(N)nc3ccccc3c2n1Cc1ccc(CNC(=O)OCc2ccc(NC(=O)[C@H](CCCN=C(N)N)CC(=O)[C@@H](NC(=O)[C@H](CC(=O)CN)C(C)CC)C(C)C)cc2)cc1. The lowest BCUT2D eigenvalue weighted by molar-refractivity contribution is -0.135. The number of guanidine groups is 1. The van der Waals surface area contributed by atoms with Crippen molar-refractivity contribution in [3.63, 3.8) is 0 Å². The largest absolute Gasteiger partial charge is 0.445 e. The minimum absolute atomic E-state index is 0.00452. The fourth-order valence-corrected chi connectivity index (χ4v) is 8.14. The number of nitrogens with one attached hydrogen (secondary N) is 3. The quantitative estimate of drug-likeness (QED) is 0.0184. The van der Waals surface area contributed by atoms with E-state index < -0.39 is 24.0 Å². The number of aromatic nitrogens is 3. The van der Waals surface area contributed by atoms with Crippen molar-refractivity contribution in [1.82, 2.24) is 25.2 Å². The molecule has 364 valence electrons. The number of para-hydroxylation sites is 1. The zero-order valence-corrected chi connectivity index (χ0v) is 40.1. The number of pyridine rings is 1. The van der Waals surface area contributed by atoms with Gasteiger partial charge in [0.1, 0.15) is 23.7 Å². The van der Waals surface area contributed by atoms with E-state index in [0.717, 1.165) is 52.6 Å². The Morgan fingerprint density at radius 1 is 0.838 bits per heavy atom. The monoisotopic (exact) mass is 932 g/mol. The summed E-state index contributed by atoms with van der Waals surface area (Å²) in [7, 11) is 0. The van der Waals surface area contributed by atoms with Gasteiger partial charge in [-0.1, -0.05) is 102 Å². The Balaban J connectivity index is 1.15. The number of carbonyl (C=O) groups is 5. The summed E-state index contributed by atoms with van der Waals surface area (Å²) in [5.74, 6) is -1.80.